The molecule has 202 valence electrons. The molecule has 0 aliphatic heterocycles. The SMILES string of the molecule is CCOC(=O)c1c(NC(=O)CSc2nnc(NC(=O)c3cc(OC)cc(OC)c3)s2)sc2c1CCCCC2. The minimum absolute atomic E-state index is 0.0699. The lowest BCUT2D eigenvalue weighted by atomic mass is 10.1. The van der Waals surface area contributed by atoms with E-state index in [0.717, 1.165) is 53.9 Å². The highest BCUT2D eigenvalue weighted by molar-refractivity contribution is 8.01. The largest absolute Gasteiger partial charge is 0.497 e. The Morgan fingerprint density at radius 2 is 1.71 bits per heavy atom. The lowest BCUT2D eigenvalue weighted by Gasteiger charge is -2.08. The standard InChI is InChI=1S/C25H28N4O6S3/c1-4-35-23(32)20-17-8-6-5-7-9-18(17)37-22(20)26-19(30)13-36-25-29-28-24(38-25)27-21(31)14-10-15(33-2)12-16(11-14)34-3/h10-12H,4-9,13H2,1-3H3,(H,26,30)(H,27,28,31). The van der Waals surface area contributed by atoms with Crippen LogP contribution in [0.25, 0.3) is 0 Å². The summed E-state index contributed by atoms with van der Waals surface area (Å²) in [4.78, 5) is 39.3. The van der Waals surface area contributed by atoms with Crippen molar-refractivity contribution in [2.45, 2.75) is 43.4 Å². The van der Waals surface area contributed by atoms with Crippen LogP contribution in [0.3, 0.4) is 0 Å². The average molecular weight is 577 g/mol. The van der Waals surface area contributed by atoms with E-state index in [1.807, 2.05) is 0 Å². The normalized spacial score (nSPS) is 12.7. The summed E-state index contributed by atoms with van der Waals surface area (Å²) in [7, 11) is 3.01. The molecule has 0 spiro atoms. The summed E-state index contributed by atoms with van der Waals surface area (Å²) >= 11 is 3.81. The van der Waals surface area contributed by atoms with Gasteiger partial charge in [-0.05, 0) is 50.3 Å². The van der Waals surface area contributed by atoms with Crippen molar-refractivity contribution in [2.75, 3.05) is 37.2 Å². The van der Waals surface area contributed by atoms with E-state index in [4.69, 9.17) is 14.2 Å². The Kier molecular flexibility index (Phi) is 9.58. The minimum atomic E-state index is -0.395. The van der Waals surface area contributed by atoms with Gasteiger partial charge in [-0.3, -0.25) is 14.9 Å². The molecule has 13 heteroatoms. The van der Waals surface area contributed by atoms with E-state index < -0.39 is 11.9 Å². The molecule has 1 aliphatic rings. The maximum absolute atomic E-state index is 12.8. The monoisotopic (exact) mass is 576 g/mol. The van der Waals surface area contributed by atoms with E-state index in [0.29, 0.717) is 37.1 Å². The number of hydrogen-bond donors (Lipinski definition) is 2. The number of rotatable bonds is 10. The zero-order valence-electron chi connectivity index (χ0n) is 21.3. The number of benzene rings is 1. The molecule has 0 fully saturated rings. The fraction of sp³-hybridized carbons (Fsp3) is 0.400. The third kappa shape index (κ3) is 6.83. The third-order valence-electron chi connectivity index (χ3n) is 5.72. The number of fused-ring (bicyclic) bond motifs is 1. The lowest BCUT2D eigenvalue weighted by molar-refractivity contribution is -0.113. The highest BCUT2D eigenvalue weighted by atomic mass is 32.2. The number of aromatic nitrogens is 2. The van der Waals surface area contributed by atoms with Crippen molar-refractivity contribution in [2.24, 2.45) is 0 Å². The van der Waals surface area contributed by atoms with Crippen LogP contribution in [0, 0.1) is 0 Å². The average Bonchev–Trinajstić information content (AvgIpc) is 3.43. The number of aryl methyl sites for hydroxylation is 1. The van der Waals surface area contributed by atoms with Crippen molar-refractivity contribution in [1.82, 2.24) is 10.2 Å². The number of nitrogens with zero attached hydrogens (tertiary/aromatic N) is 2. The molecule has 2 heterocycles. The van der Waals surface area contributed by atoms with Gasteiger partial charge in [-0.25, -0.2) is 4.79 Å². The van der Waals surface area contributed by atoms with Gasteiger partial charge in [0.05, 0.1) is 32.1 Å². The topological polar surface area (TPSA) is 129 Å². The first-order valence-electron chi connectivity index (χ1n) is 12.0. The van der Waals surface area contributed by atoms with Gasteiger partial charge in [0.2, 0.25) is 11.0 Å². The number of methoxy groups -OCH3 is 2. The molecule has 10 nitrogen and oxygen atoms in total. The molecule has 1 aromatic carbocycles. The quantitative estimate of drug-likeness (QED) is 0.147. The van der Waals surface area contributed by atoms with Gasteiger partial charge < -0.3 is 19.5 Å². The molecule has 0 unspecified atom stereocenters. The van der Waals surface area contributed by atoms with Gasteiger partial charge in [-0.2, -0.15) is 0 Å². The first-order chi connectivity index (χ1) is 18.4. The highest BCUT2D eigenvalue weighted by Gasteiger charge is 2.26. The zero-order chi connectivity index (χ0) is 27.1. The Bertz CT molecular complexity index is 1300. The second-order valence-electron chi connectivity index (χ2n) is 8.25. The molecule has 2 N–H and O–H groups in total. The predicted molar refractivity (Wildman–Crippen MR) is 148 cm³/mol. The van der Waals surface area contributed by atoms with E-state index >= 15 is 0 Å². The predicted octanol–water partition coefficient (Wildman–Crippen LogP) is 5.05. The summed E-state index contributed by atoms with van der Waals surface area (Å²) in [6.07, 6.45) is 4.92. The van der Waals surface area contributed by atoms with Crippen molar-refractivity contribution in [1.29, 1.82) is 0 Å². The number of amides is 2. The third-order valence-corrected chi connectivity index (χ3v) is 8.90. The van der Waals surface area contributed by atoms with Gasteiger partial charge in [0.15, 0.2) is 4.34 Å². The molecule has 0 saturated heterocycles. The van der Waals surface area contributed by atoms with Crippen LogP contribution in [0.15, 0.2) is 22.5 Å². The van der Waals surface area contributed by atoms with E-state index in [-0.39, 0.29) is 18.3 Å². The van der Waals surface area contributed by atoms with Gasteiger partial charge in [0, 0.05) is 16.5 Å². The smallest absolute Gasteiger partial charge is 0.341 e. The molecule has 0 saturated carbocycles. The summed E-state index contributed by atoms with van der Waals surface area (Å²) in [5.41, 5.74) is 1.84. The number of anilines is 2. The van der Waals surface area contributed by atoms with Gasteiger partial charge in [-0.15, -0.1) is 21.5 Å². The van der Waals surface area contributed by atoms with E-state index in [9.17, 15) is 14.4 Å². The van der Waals surface area contributed by atoms with E-state index in [1.54, 1.807) is 25.1 Å². The first kappa shape index (κ1) is 27.9. The Morgan fingerprint density at radius 1 is 0.974 bits per heavy atom. The van der Waals surface area contributed by atoms with Crippen LogP contribution in [0.2, 0.25) is 0 Å². The van der Waals surface area contributed by atoms with Crippen molar-refractivity contribution in [3.8, 4) is 11.5 Å². The highest BCUT2D eigenvalue weighted by Crippen LogP contribution is 2.38. The van der Waals surface area contributed by atoms with Crippen molar-refractivity contribution < 1.29 is 28.6 Å². The van der Waals surface area contributed by atoms with Gasteiger partial charge in [0.1, 0.15) is 16.5 Å². The summed E-state index contributed by atoms with van der Waals surface area (Å²) < 4.78 is 16.2. The van der Waals surface area contributed by atoms with Crippen LogP contribution in [0.5, 0.6) is 11.5 Å². The molecule has 3 aromatic rings. The van der Waals surface area contributed by atoms with Crippen molar-refractivity contribution >= 4 is 62.4 Å². The summed E-state index contributed by atoms with van der Waals surface area (Å²) in [6, 6.07) is 4.85. The lowest BCUT2D eigenvalue weighted by Crippen LogP contribution is -2.16. The number of ether oxygens (including phenoxy) is 3. The number of esters is 1. The van der Waals surface area contributed by atoms with Crippen LogP contribution in [-0.4, -0.2) is 54.6 Å². The summed E-state index contributed by atoms with van der Waals surface area (Å²) in [5, 5.41) is 14.5. The summed E-state index contributed by atoms with van der Waals surface area (Å²) in [5.74, 6) is -0.00377. The molecular weight excluding hydrogens is 548 g/mol. The number of carbonyl (C=O) groups is 3. The van der Waals surface area contributed by atoms with Crippen LogP contribution in [0.4, 0.5) is 10.1 Å². The number of thiophene rings is 1. The van der Waals surface area contributed by atoms with Crippen LogP contribution >= 0.6 is 34.4 Å². The van der Waals surface area contributed by atoms with Crippen molar-refractivity contribution in [3.05, 3.63) is 39.8 Å². The number of thioether (sulfide) groups is 1. The fourth-order valence-corrected chi connectivity index (χ4v) is 6.81. The molecule has 0 atom stereocenters. The molecule has 2 amide bonds. The Labute approximate surface area is 232 Å². The van der Waals surface area contributed by atoms with Gasteiger partial charge in [0.25, 0.3) is 5.91 Å². The Morgan fingerprint density at radius 3 is 2.42 bits per heavy atom. The number of hydrogen-bond acceptors (Lipinski definition) is 11. The minimum Gasteiger partial charge on any atom is -0.497 e. The van der Waals surface area contributed by atoms with Crippen LogP contribution in [-0.2, 0) is 22.4 Å². The maximum Gasteiger partial charge on any atom is 0.341 e. The molecule has 0 bridgehead atoms. The molecular formula is C25H28N4O6S3. The van der Waals surface area contributed by atoms with Crippen LogP contribution in [0.1, 0.15) is 57.3 Å². The molecule has 4 rings (SSSR count). The van der Waals surface area contributed by atoms with Crippen LogP contribution < -0.4 is 20.1 Å². The molecule has 0 radical (unpaired) electrons. The van der Waals surface area contributed by atoms with Gasteiger partial charge >= 0.3 is 5.97 Å². The second-order valence-corrected chi connectivity index (χ2v) is 11.6. The molecule has 38 heavy (non-hydrogen) atoms. The fourth-order valence-electron chi connectivity index (χ4n) is 3.97. The zero-order valence-corrected chi connectivity index (χ0v) is 23.7. The maximum atomic E-state index is 12.8. The second kappa shape index (κ2) is 13.1. The van der Waals surface area contributed by atoms with E-state index in [2.05, 4.69) is 20.8 Å². The first-order valence-corrected chi connectivity index (χ1v) is 14.7. The van der Waals surface area contributed by atoms with E-state index in [1.165, 1.54) is 37.3 Å². The Balaban J connectivity index is 1.37. The van der Waals surface area contributed by atoms with Crippen molar-refractivity contribution in [3.63, 3.8) is 0 Å². The number of carbonyl (C=O) groups excluding carboxylic acids is 3. The summed E-state index contributed by atoms with van der Waals surface area (Å²) in [6.45, 7) is 2.04. The molecule has 2 aromatic heterocycles. The van der Waals surface area contributed by atoms with Gasteiger partial charge in [-0.1, -0.05) is 29.5 Å². The Hall–Kier alpha value is -3.16. The molecule has 1 aliphatic carbocycles. The number of nitrogens with one attached hydrogen (secondary N) is 2.